The van der Waals surface area contributed by atoms with Crippen LogP contribution in [0, 0.1) is 5.92 Å². The lowest BCUT2D eigenvalue weighted by atomic mass is 9.87. The van der Waals surface area contributed by atoms with Gasteiger partial charge in [0.1, 0.15) is 0 Å². The minimum atomic E-state index is -0.124. The zero-order valence-electron chi connectivity index (χ0n) is 18.3. The van der Waals surface area contributed by atoms with E-state index in [1.54, 1.807) is 17.1 Å². The molecule has 2 atom stereocenters. The van der Waals surface area contributed by atoms with Gasteiger partial charge in [0, 0.05) is 7.05 Å². The quantitative estimate of drug-likeness (QED) is 0.486. The monoisotopic (exact) mass is 413 g/mol. The average Bonchev–Trinajstić information content (AvgIpc) is 3.09. The van der Waals surface area contributed by atoms with Crippen LogP contribution in [0.3, 0.4) is 0 Å². The highest BCUT2D eigenvalue weighted by molar-refractivity contribution is 5.72. The first kappa shape index (κ1) is 21.9. The fourth-order valence-corrected chi connectivity index (χ4v) is 3.80. The van der Waals surface area contributed by atoms with E-state index in [1.165, 1.54) is 0 Å². The van der Waals surface area contributed by atoms with Crippen molar-refractivity contribution in [2.45, 2.75) is 71.6 Å². The summed E-state index contributed by atoms with van der Waals surface area (Å²) in [6.45, 7) is 9.81. The zero-order valence-corrected chi connectivity index (χ0v) is 18.3. The van der Waals surface area contributed by atoms with E-state index in [4.69, 9.17) is 14.5 Å². The molecule has 2 heterocycles. The molecular weight excluding hydrogens is 382 g/mol. The summed E-state index contributed by atoms with van der Waals surface area (Å²) < 4.78 is 13.4. The number of carbonyl (C=O) groups excluding carboxylic acids is 1. The van der Waals surface area contributed by atoms with Gasteiger partial charge in [-0.2, -0.15) is 5.10 Å². The summed E-state index contributed by atoms with van der Waals surface area (Å²) in [6, 6.07) is 0. The molecule has 0 amide bonds. The Balaban J connectivity index is 1.76. The van der Waals surface area contributed by atoms with Gasteiger partial charge in [-0.05, 0) is 52.7 Å². The van der Waals surface area contributed by atoms with Gasteiger partial charge in [-0.3, -0.25) is 14.5 Å². The normalized spacial score (nSPS) is 19.0. The van der Waals surface area contributed by atoms with E-state index < -0.39 is 0 Å². The molecule has 0 radical (unpaired) electrons. The Morgan fingerprint density at radius 1 is 1.37 bits per heavy atom. The molecule has 8 heteroatoms. The maximum absolute atomic E-state index is 12.3. The Hall–Kier alpha value is -2.77. The van der Waals surface area contributed by atoms with Crippen molar-refractivity contribution in [2.75, 3.05) is 0 Å². The molecular formula is C22H31N5O3. The number of ether oxygens (including phenoxy) is 2. The van der Waals surface area contributed by atoms with Gasteiger partial charge >= 0.3 is 5.97 Å². The molecule has 2 aromatic rings. The number of rotatable bonds is 8. The first-order valence-corrected chi connectivity index (χ1v) is 10.6. The van der Waals surface area contributed by atoms with Crippen LogP contribution >= 0.6 is 0 Å². The van der Waals surface area contributed by atoms with E-state index >= 15 is 0 Å². The van der Waals surface area contributed by atoms with E-state index in [2.05, 4.69) is 21.8 Å². The van der Waals surface area contributed by atoms with Gasteiger partial charge in [0.15, 0.2) is 11.6 Å². The SMILES string of the molecule is C=NCc1c(-c2ncc(O[C@H]3CCC[C@H](C(=O)OC(C)C)C3)c(CC)n2)cnn1C. The second-order valence-electron chi connectivity index (χ2n) is 7.96. The number of aryl methyl sites for hydroxylation is 2. The zero-order chi connectivity index (χ0) is 21.7. The lowest BCUT2D eigenvalue weighted by molar-refractivity contribution is -0.154. The minimum Gasteiger partial charge on any atom is -0.487 e. The Morgan fingerprint density at radius 3 is 2.87 bits per heavy atom. The molecule has 3 rings (SSSR count). The van der Waals surface area contributed by atoms with E-state index in [9.17, 15) is 4.79 Å². The number of nitrogens with zero attached hydrogens (tertiary/aromatic N) is 5. The fourth-order valence-electron chi connectivity index (χ4n) is 3.80. The second kappa shape index (κ2) is 9.82. The van der Waals surface area contributed by atoms with Crippen molar-refractivity contribution in [3.05, 3.63) is 23.8 Å². The van der Waals surface area contributed by atoms with Gasteiger partial charge in [-0.25, -0.2) is 9.97 Å². The van der Waals surface area contributed by atoms with Crippen molar-refractivity contribution in [3.8, 4) is 17.1 Å². The van der Waals surface area contributed by atoms with Crippen LogP contribution in [0.5, 0.6) is 5.75 Å². The van der Waals surface area contributed by atoms with E-state index in [1.807, 2.05) is 27.8 Å². The third-order valence-electron chi connectivity index (χ3n) is 5.33. The molecule has 1 aliphatic carbocycles. The van der Waals surface area contributed by atoms with Gasteiger partial charge in [0.25, 0.3) is 0 Å². The predicted molar refractivity (Wildman–Crippen MR) is 114 cm³/mol. The number of esters is 1. The molecule has 0 aliphatic heterocycles. The van der Waals surface area contributed by atoms with Crippen LogP contribution in [0.2, 0.25) is 0 Å². The number of hydrogen-bond donors (Lipinski definition) is 0. The number of aromatic nitrogens is 4. The van der Waals surface area contributed by atoms with Crippen molar-refractivity contribution in [3.63, 3.8) is 0 Å². The van der Waals surface area contributed by atoms with Crippen LogP contribution < -0.4 is 4.74 Å². The van der Waals surface area contributed by atoms with Gasteiger partial charge in [0.2, 0.25) is 0 Å². The Labute approximate surface area is 177 Å². The molecule has 0 saturated heterocycles. The third-order valence-corrected chi connectivity index (χ3v) is 5.33. The largest absolute Gasteiger partial charge is 0.487 e. The summed E-state index contributed by atoms with van der Waals surface area (Å²) >= 11 is 0. The molecule has 0 bridgehead atoms. The van der Waals surface area contributed by atoms with Crippen LogP contribution in [-0.2, 0) is 29.5 Å². The highest BCUT2D eigenvalue weighted by Crippen LogP contribution is 2.31. The molecule has 1 saturated carbocycles. The smallest absolute Gasteiger partial charge is 0.309 e. The Bertz CT molecular complexity index is 893. The maximum Gasteiger partial charge on any atom is 0.309 e. The predicted octanol–water partition coefficient (Wildman–Crippen LogP) is 3.53. The van der Waals surface area contributed by atoms with Crippen molar-refractivity contribution in [1.82, 2.24) is 19.7 Å². The number of hydrogen-bond acceptors (Lipinski definition) is 7. The molecule has 0 spiro atoms. The van der Waals surface area contributed by atoms with Crippen LogP contribution in [0.4, 0.5) is 0 Å². The van der Waals surface area contributed by atoms with Crippen LogP contribution in [0.15, 0.2) is 17.4 Å². The van der Waals surface area contributed by atoms with Gasteiger partial charge in [-0.1, -0.05) is 6.92 Å². The topological polar surface area (TPSA) is 91.5 Å². The molecule has 1 fully saturated rings. The van der Waals surface area contributed by atoms with Gasteiger partial charge in [0.05, 0.1) is 54.0 Å². The summed E-state index contributed by atoms with van der Waals surface area (Å²) in [6.07, 6.45) is 7.42. The van der Waals surface area contributed by atoms with Crippen LogP contribution in [0.1, 0.15) is 57.8 Å². The number of aliphatic imine (C=N–C) groups is 1. The van der Waals surface area contributed by atoms with Gasteiger partial charge in [-0.15, -0.1) is 0 Å². The second-order valence-corrected chi connectivity index (χ2v) is 7.96. The Kier molecular flexibility index (Phi) is 7.18. The summed E-state index contributed by atoms with van der Waals surface area (Å²) in [7, 11) is 1.87. The van der Waals surface area contributed by atoms with Crippen molar-refractivity contribution >= 4 is 12.7 Å². The van der Waals surface area contributed by atoms with Crippen molar-refractivity contribution < 1.29 is 14.3 Å². The van der Waals surface area contributed by atoms with Gasteiger partial charge < -0.3 is 9.47 Å². The molecule has 0 unspecified atom stereocenters. The Morgan fingerprint density at radius 2 is 2.17 bits per heavy atom. The average molecular weight is 414 g/mol. The summed E-state index contributed by atoms with van der Waals surface area (Å²) in [5.41, 5.74) is 2.60. The summed E-state index contributed by atoms with van der Waals surface area (Å²) in [5.74, 6) is 1.05. The molecule has 162 valence electrons. The molecule has 2 aromatic heterocycles. The molecule has 1 aliphatic rings. The highest BCUT2D eigenvalue weighted by Gasteiger charge is 2.30. The standard InChI is InChI=1S/C22H31N5O3/c1-6-18-20(30-16-9-7-8-15(10-16)22(28)29-14(2)3)13-24-21(26-18)17-11-25-27(5)19(17)12-23-4/h11,13-16H,4,6-10,12H2,1-3,5H3/t15-,16-/m0/s1. The molecule has 30 heavy (non-hydrogen) atoms. The lowest BCUT2D eigenvalue weighted by Gasteiger charge is -2.29. The van der Waals surface area contributed by atoms with E-state index in [0.717, 1.165) is 36.2 Å². The van der Waals surface area contributed by atoms with E-state index in [0.29, 0.717) is 31.0 Å². The van der Waals surface area contributed by atoms with Crippen LogP contribution in [-0.4, -0.2) is 44.6 Å². The van der Waals surface area contributed by atoms with Crippen LogP contribution in [0.25, 0.3) is 11.4 Å². The van der Waals surface area contributed by atoms with Crippen molar-refractivity contribution in [1.29, 1.82) is 0 Å². The molecule has 0 aromatic carbocycles. The third kappa shape index (κ3) is 5.04. The lowest BCUT2D eigenvalue weighted by Crippen LogP contribution is -2.32. The first-order chi connectivity index (χ1) is 14.4. The maximum atomic E-state index is 12.3. The summed E-state index contributed by atoms with van der Waals surface area (Å²) in [5, 5.41) is 4.30. The number of carbonyl (C=O) groups is 1. The van der Waals surface area contributed by atoms with Crippen molar-refractivity contribution in [2.24, 2.45) is 18.0 Å². The van der Waals surface area contributed by atoms with E-state index in [-0.39, 0.29) is 24.1 Å². The summed E-state index contributed by atoms with van der Waals surface area (Å²) in [4.78, 5) is 25.5. The highest BCUT2D eigenvalue weighted by atomic mass is 16.5. The molecule has 0 N–H and O–H groups in total. The fraction of sp³-hybridized carbons (Fsp3) is 0.591. The molecule has 8 nitrogen and oxygen atoms in total. The minimum absolute atomic E-state index is 0.0397. The first-order valence-electron chi connectivity index (χ1n) is 10.6.